The van der Waals surface area contributed by atoms with Gasteiger partial charge >= 0.3 is 12.2 Å². The molecular weight excluding hydrogens is 360 g/mol. The molecule has 0 aliphatic rings. The Morgan fingerprint density at radius 3 is 2.53 bits per heavy atom. The summed E-state index contributed by atoms with van der Waals surface area (Å²) in [7, 11) is 0. The Morgan fingerprint density at radius 2 is 2.12 bits per heavy atom. The van der Waals surface area contributed by atoms with Crippen molar-refractivity contribution < 1.29 is 27.6 Å². The molecule has 6 nitrogen and oxygen atoms in total. The lowest BCUT2D eigenvalue weighted by Crippen LogP contribution is -2.19. The maximum atomic E-state index is 12.0. The van der Waals surface area contributed by atoms with Crippen LogP contribution in [0.25, 0.3) is 0 Å². The van der Waals surface area contributed by atoms with Gasteiger partial charge in [0.05, 0.1) is 0 Å². The summed E-state index contributed by atoms with van der Waals surface area (Å²) in [6, 6.07) is 0.783. The van der Waals surface area contributed by atoms with E-state index >= 15 is 0 Å². The van der Waals surface area contributed by atoms with Crippen LogP contribution in [0, 0.1) is 13.8 Å². The van der Waals surface area contributed by atoms with Crippen molar-refractivity contribution in [2.24, 2.45) is 0 Å². The van der Waals surface area contributed by atoms with E-state index in [1.165, 1.54) is 22.6 Å². The standard InChI is InChI=1S/C7H2F3IN2O4/c8-7(9,10)17-4-1-5(11)12-6(13(15)16)3(4)2-14/h1-2H. The lowest BCUT2D eigenvalue weighted by atomic mass is 10.2. The van der Waals surface area contributed by atoms with E-state index in [-0.39, 0.29) is 9.99 Å². The van der Waals surface area contributed by atoms with Crippen LogP contribution in [0.15, 0.2) is 6.07 Å². The van der Waals surface area contributed by atoms with Gasteiger partial charge in [0, 0.05) is 28.7 Å². The molecule has 0 saturated heterocycles. The number of alkyl halides is 3. The third kappa shape index (κ3) is 3.51. The number of pyridine rings is 1. The third-order valence-corrected chi connectivity index (χ3v) is 2.04. The maximum Gasteiger partial charge on any atom is 0.573 e. The second-order valence-electron chi connectivity index (χ2n) is 2.60. The molecule has 10 heteroatoms. The van der Waals surface area contributed by atoms with Gasteiger partial charge in [-0.05, 0) is 9.91 Å². The summed E-state index contributed by atoms with van der Waals surface area (Å²) < 4.78 is 39.4. The molecule has 17 heavy (non-hydrogen) atoms. The molecule has 0 bridgehead atoms. The molecule has 0 saturated carbocycles. The summed E-state index contributed by atoms with van der Waals surface area (Å²) in [4.78, 5) is 23.3. The fraction of sp³-hybridized carbons (Fsp3) is 0.143. The molecule has 0 amide bonds. The van der Waals surface area contributed by atoms with Gasteiger partial charge in [0.1, 0.15) is 0 Å². The molecule has 1 aromatic heterocycles. The summed E-state index contributed by atoms with van der Waals surface area (Å²) in [6.07, 6.45) is -5.15. The van der Waals surface area contributed by atoms with Crippen molar-refractivity contribution in [2.75, 3.05) is 0 Å². The van der Waals surface area contributed by atoms with Crippen molar-refractivity contribution in [3.05, 3.63) is 25.4 Å². The van der Waals surface area contributed by atoms with Crippen molar-refractivity contribution in [1.82, 2.24) is 4.98 Å². The Kier molecular flexibility index (Phi) is 3.85. The summed E-state index contributed by atoms with van der Waals surface area (Å²) in [5, 5.41) is 10.5. The number of nitrogens with zero attached hydrogens (tertiary/aromatic N) is 2. The second-order valence-corrected chi connectivity index (χ2v) is 3.71. The Labute approximate surface area is 105 Å². The summed E-state index contributed by atoms with van der Waals surface area (Å²) in [5.74, 6) is -1.93. The molecule has 0 aliphatic carbocycles. The maximum absolute atomic E-state index is 12.0. The molecule has 0 atom stereocenters. The Morgan fingerprint density at radius 1 is 1.53 bits per heavy atom. The number of nitro groups is 1. The van der Waals surface area contributed by atoms with Gasteiger partial charge in [-0.3, -0.25) is 4.79 Å². The molecule has 0 N–H and O–H groups in total. The Balaban J connectivity index is 3.38. The first-order chi connectivity index (χ1) is 7.74. The number of hydrogen-bond donors (Lipinski definition) is 0. The molecule has 0 radical (unpaired) electrons. The molecule has 92 valence electrons. The zero-order valence-corrected chi connectivity index (χ0v) is 9.85. The molecule has 0 unspecified atom stereocenters. The number of halogens is 4. The topological polar surface area (TPSA) is 82.3 Å². The van der Waals surface area contributed by atoms with E-state index in [1.54, 1.807) is 0 Å². The quantitative estimate of drug-likeness (QED) is 0.271. The second kappa shape index (κ2) is 4.81. The van der Waals surface area contributed by atoms with Gasteiger partial charge in [-0.25, -0.2) is 0 Å². The van der Waals surface area contributed by atoms with Gasteiger partial charge in [-0.1, -0.05) is 0 Å². The highest BCUT2D eigenvalue weighted by molar-refractivity contribution is 14.1. The van der Waals surface area contributed by atoms with E-state index in [9.17, 15) is 28.1 Å². The molecule has 0 fully saturated rings. The molecule has 1 heterocycles. The van der Waals surface area contributed by atoms with Crippen molar-refractivity contribution in [1.29, 1.82) is 0 Å². The van der Waals surface area contributed by atoms with Crippen LogP contribution >= 0.6 is 22.6 Å². The van der Waals surface area contributed by atoms with Gasteiger partial charge in [-0.15, -0.1) is 13.2 Å². The van der Waals surface area contributed by atoms with Crippen molar-refractivity contribution in [3.8, 4) is 5.75 Å². The van der Waals surface area contributed by atoms with E-state index in [2.05, 4.69) is 9.72 Å². The number of ether oxygens (including phenoxy) is 1. The van der Waals surface area contributed by atoms with E-state index in [1.807, 2.05) is 0 Å². The largest absolute Gasteiger partial charge is 0.573 e. The van der Waals surface area contributed by atoms with Gasteiger partial charge in [0.15, 0.2) is 17.6 Å². The first-order valence-corrected chi connectivity index (χ1v) is 4.88. The van der Waals surface area contributed by atoms with E-state index < -0.39 is 28.4 Å². The zero-order chi connectivity index (χ0) is 13.2. The number of aldehydes is 1. The highest BCUT2D eigenvalue weighted by Crippen LogP contribution is 2.31. The first kappa shape index (κ1) is 13.6. The van der Waals surface area contributed by atoms with Gasteiger partial charge in [0.25, 0.3) is 0 Å². The predicted octanol–water partition coefficient (Wildman–Crippen LogP) is 2.31. The molecule has 1 rings (SSSR count). The van der Waals surface area contributed by atoms with E-state index in [0.717, 1.165) is 6.07 Å². The number of hydrogen-bond acceptors (Lipinski definition) is 5. The van der Waals surface area contributed by atoms with Crippen molar-refractivity contribution >= 4 is 34.7 Å². The highest BCUT2D eigenvalue weighted by Gasteiger charge is 2.35. The lowest BCUT2D eigenvalue weighted by Gasteiger charge is -2.10. The minimum Gasteiger partial charge on any atom is -0.404 e. The van der Waals surface area contributed by atoms with Crippen LogP contribution in [0.3, 0.4) is 0 Å². The highest BCUT2D eigenvalue weighted by atomic mass is 127. The Bertz CT molecular complexity index is 477. The number of carbonyl (C=O) groups is 1. The fourth-order valence-corrected chi connectivity index (χ4v) is 1.46. The zero-order valence-electron chi connectivity index (χ0n) is 7.69. The minimum atomic E-state index is -5.05. The SMILES string of the molecule is O=Cc1c(OC(F)(F)F)cc(I)nc1[N+](=O)[O-]. The van der Waals surface area contributed by atoms with Crippen LogP contribution < -0.4 is 4.74 Å². The summed E-state index contributed by atoms with van der Waals surface area (Å²) >= 11 is 1.47. The van der Waals surface area contributed by atoms with Gasteiger partial charge in [-0.2, -0.15) is 0 Å². The van der Waals surface area contributed by atoms with Crippen LogP contribution in [0.4, 0.5) is 19.0 Å². The molecule has 0 aromatic carbocycles. The van der Waals surface area contributed by atoms with Crippen LogP contribution in [0.1, 0.15) is 10.4 Å². The number of carbonyl (C=O) groups excluding carboxylic acids is 1. The van der Waals surface area contributed by atoms with Gasteiger partial charge in [0.2, 0.25) is 3.70 Å². The molecule has 1 aromatic rings. The van der Waals surface area contributed by atoms with E-state index in [0.29, 0.717) is 0 Å². The fourth-order valence-electron chi connectivity index (χ4n) is 0.949. The van der Waals surface area contributed by atoms with Crippen molar-refractivity contribution in [3.63, 3.8) is 0 Å². The molecular formula is C7H2F3IN2O4. The molecule has 0 aliphatic heterocycles. The van der Waals surface area contributed by atoms with Gasteiger partial charge < -0.3 is 14.9 Å². The predicted molar refractivity (Wildman–Crippen MR) is 55.7 cm³/mol. The van der Waals surface area contributed by atoms with E-state index in [4.69, 9.17) is 0 Å². The van der Waals surface area contributed by atoms with Crippen molar-refractivity contribution in [2.45, 2.75) is 6.36 Å². The average molecular weight is 362 g/mol. The van der Waals surface area contributed by atoms with Crippen LogP contribution in [-0.2, 0) is 0 Å². The smallest absolute Gasteiger partial charge is 0.404 e. The molecule has 0 spiro atoms. The third-order valence-electron chi connectivity index (χ3n) is 1.49. The monoisotopic (exact) mass is 362 g/mol. The van der Waals surface area contributed by atoms with Crippen LogP contribution in [0.5, 0.6) is 5.75 Å². The summed E-state index contributed by atoms with van der Waals surface area (Å²) in [5.41, 5.74) is -0.854. The normalized spacial score (nSPS) is 11.1. The average Bonchev–Trinajstić information content (AvgIpc) is 2.14. The van der Waals surface area contributed by atoms with Crippen LogP contribution in [-0.4, -0.2) is 22.6 Å². The minimum absolute atomic E-state index is 0.0980. The number of aromatic nitrogens is 1. The van der Waals surface area contributed by atoms with Crippen LogP contribution in [0.2, 0.25) is 0 Å². The Hall–Kier alpha value is -1.46. The summed E-state index contributed by atoms with van der Waals surface area (Å²) in [6.45, 7) is 0. The number of rotatable bonds is 3. The lowest BCUT2D eigenvalue weighted by molar-refractivity contribution is -0.390. The first-order valence-electron chi connectivity index (χ1n) is 3.80.